The number of carbonyl (C=O) groups excluding carboxylic acids is 2. The van der Waals surface area contributed by atoms with Gasteiger partial charge in [-0.2, -0.15) is 0 Å². The van der Waals surface area contributed by atoms with E-state index in [1.807, 2.05) is 12.1 Å². The van der Waals surface area contributed by atoms with Crippen LogP contribution in [0.1, 0.15) is 33.4 Å². The largest absolute Gasteiger partial charge is 0.465 e. The van der Waals surface area contributed by atoms with Gasteiger partial charge in [-0.3, -0.25) is 4.98 Å². The van der Waals surface area contributed by atoms with Crippen molar-refractivity contribution in [2.45, 2.75) is 12.5 Å². The molecule has 8 nitrogen and oxygen atoms in total. The summed E-state index contributed by atoms with van der Waals surface area (Å²) in [6.07, 6.45) is 5.52. The maximum Gasteiger partial charge on any atom is 0.340 e. The van der Waals surface area contributed by atoms with E-state index < -0.39 is 23.9 Å². The molecule has 0 saturated heterocycles. The number of benzene rings is 1. The Hall–Kier alpha value is -3.75. The second kappa shape index (κ2) is 7.70. The van der Waals surface area contributed by atoms with Crippen LogP contribution < -0.4 is 5.32 Å². The zero-order chi connectivity index (χ0) is 20.4. The summed E-state index contributed by atoms with van der Waals surface area (Å²) < 4.78 is 18.3. The van der Waals surface area contributed by atoms with Crippen LogP contribution in [-0.4, -0.2) is 45.5 Å². The summed E-state index contributed by atoms with van der Waals surface area (Å²) in [4.78, 5) is 38.3. The number of hydrogen-bond acceptors (Lipinski definition) is 5. The SMILES string of the molecule is COC(=O)c1cc(F)ccc1NC(=O)N1CCc2[nH]cnc2C1c1ccncc1. The molecule has 1 aromatic carbocycles. The molecule has 148 valence electrons. The normalized spacial score (nSPS) is 15.5. The number of pyridine rings is 1. The first-order valence-electron chi connectivity index (χ1n) is 8.96. The molecule has 0 bridgehead atoms. The second-order valence-corrected chi connectivity index (χ2v) is 6.50. The van der Waals surface area contributed by atoms with Crippen LogP contribution in [0.15, 0.2) is 49.1 Å². The third-order valence-corrected chi connectivity index (χ3v) is 4.84. The zero-order valence-electron chi connectivity index (χ0n) is 15.6. The first-order valence-corrected chi connectivity index (χ1v) is 8.96. The molecule has 0 spiro atoms. The van der Waals surface area contributed by atoms with Crippen LogP contribution in [0, 0.1) is 5.82 Å². The van der Waals surface area contributed by atoms with E-state index in [0.717, 1.165) is 23.0 Å². The minimum absolute atomic E-state index is 0.0567. The van der Waals surface area contributed by atoms with Gasteiger partial charge in [0.2, 0.25) is 0 Å². The number of esters is 1. The number of amides is 2. The van der Waals surface area contributed by atoms with E-state index >= 15 is 0 Å². The average Bonchev–Trinajstić information content (AvgIpc) is 3.23. The highest BCUT2D eigenvalue weighted by atomic mass is 19.1. The lowest BCUT2D eigenvalue weighted by molar-refractivity contribution is 0.0601. The van der Waals surface area contributed by atoms with Crippen molar-refractivity contribution in [2.75, 3.05) is 19.0 Å². The van der Waals surface area contributed by atoms with Crippen molar-refractivity contribution in [2.24, 2.45) is 0 Å². The summed E-state index contributed by atoms with van der Waals surface area (Å²) in [7, 11) is 1.20. The highest BCUT2D eigenvalue weighted by molar-refractivity contribution is 6.01. The van der Waals surface area contributed by atoms with Crippen LogP contribution in [0.3, 0.4) is 0 Å². The molecule has 1 unspecified atom stereocenters. The number of nitrogens with zero attached hydrogens (tertiary/aromatic N) is 3. The van der Waals surface area contributed by atoms with Gasteiger partial charge in [0.05, 0.1) is 30.4 Å². The Bertz CT molecular complexity index is 1050. The molecule has 0 fully saturated rings. The van der Waals surface area contributed by atoms with Gasteiger partial charge in [-0.1, -0.05) is 0 Å². The van der Waals surface area contributed by atoms with Gasteiger partial charge < -0.3 is 19.9 Å². The number of hydrogen-bond donors (Lipinski definition) is 2. The standard InChI is InChI=1S/C20H18FN5O3/c1-29-19(27)14-10-13(21)2-3-15(14)25-20(28)26-9-6-16-17(24-11-23-16)18(26)12-4-7-22-8-5-12/h2-5,7-8,10-11,18H,6,9H2,1H3,(H,23,24)(H,25,28). The number of aromatic nitrogens is 3. The highest BCUT2D eigenvalue weighted by Crippen LogP contribution is 2.33. The first-order chi connectivity index (χ1) is 14.1. The fourth-order valence-electron chi connectivity index (χ4n) is 3.47. The Morgan fingerprint density at radius 3 is 2.83 bits per heavy atom. The molecule has 0 saturated carbocycles. The van der Waals surface area contributed by atoms with Gasteiger partial charge in [0, 0.05) is 31.1 Å². The third-order valence-electron chi connectivity index (χ3n) is 4.84. The number of carbonyl (C=O) groups is 2. The predicted octanol–water partition coefficient (Wildman–Crippen LogP) is 2.91. The quantitative estimate of drug-likeness (QED) is 0.664. The van der Waals surface area contributed by atoms with Crippen molar-refractivity contribution in [3.63, 3.8) is 0 Å². The first kappa shape index (κ1) is 18.6. The average molecular weight is 395 g/mol. The fraction of sp³-hybridized carbons (Fsp3) is 0.200. The molecule has 1 aliphatic heterocycles. The van der Waals surface area contributed by atoms with E-state index in [1.54, 1.807) is 23.6 Å². The minimum Gasteiger partial charge on any atom is -0.465 e. The molecular weight excluding hydrogens is 377 g/mol. The van der Waals surface area contributed by atoms with Crippen LogP contribution in [0.5, 0.6) is 0 Å². The molecule has 2 aromatic heterocycles. The number of fused-ring (bicyclic) bond motifs is 1. The number of anilines is 1. The minimum atomic E-state index is -0.737. The Balaban J connectivity index is 1.67. The summed E-state index contributed by atoms with van der Waals surface area (Å²) in [5.41, 5.74) is 2.69. The van der Waals surface area contributed by atoms with Crippen LogP contribution >= 0.6 is 0 Å². The van der Waals surface area contributed by atoms with E-state index in [4.69, 9.17) is 4.74 Å². The van der Waals surface area contributed by atoms with Gasteiger partial charge >= 0.3 is 12.0 Å². The number of rotatable bonds is 3. The predicted molar refractivity (Wildman–Crippen MR) is 102 cm³/mol. The number of nitrogens with one attached hydrogen (secondary N) is 2. The lowest BCUT2D eigenvalue weighted by Gasteiger charge is -2.35. The van der Waals surface area contributed by atoms with Gasteiger partial charge in [-0.15, -0.1) is 0 Å². The van der Waals surface area contributed by atoms with Gasteiger partial charge in [0.15, 0.2) is 0 Å². The van der Waals surface area contributed by atoms with Crippen molar-refractivity contribution in [1.29, 1.82) is 0 Å². The summed E-state index contributed by atoms with van der Waals surface area (Å²) in [6, 6.07) is 6.34. The van der Waals surface area contributed by atoms with Crippen molar-refractivity contribution in [3.05, 3.63) is 77.4 Å². The number of aromatic amines is 1. The summed E-state index contributed by atoms with van der Waals surface area (Å²) in [5.74, 6) is -1.34. The number of methoxy groups -OCH3 is 1. The smallest absolute Gasteiger partial charge is 0.340 e. The molecule has 2 N–H and O–H groups in total. The third kappa shape index (κ3) is 3.54. The molecule has 1 aliphatic rings. The summed E-state index contributed by atoms with van der Waals surface area (Å²) in [5, 5.41) is 2.71. The van der Waals surface area contributed by atoms with Gasteiger partial charge in [-0.25, -0.2) is 19.0 Å². The lowest BCUT2D eigenvalue weighted by atomic mass is 9.97. The molecule has 9 heteroatoms. The molecule has 0 radical (unpaired) electrons. The number of ether oxygens (including phenoxy) is 1. The summed E-state index contributed by atoms with van der Waals surface area (Å²) >= 11 is 0. The van der Waals surface area contributed by atoms with Crippen LogP contribution in [0.4, 0.5) is 14.9 Å². The maximum atomic E-state index is 13.6. The molecule has 3 aromatic rings. The number of urea groups is 1. The van der Waals surface area contributed by atoms with E-state index in [2.05, 4.69) is 20.3 Å². The second-order valence-electron chi connectivity index (χ2n) is 6.50. The maximum absolute atomic E-state index is 13.6. The molecule has 29 heavy (non-hydrogen) atoms. The molecule has 3 heterocycles. The van der Waals surface area contributed by atoms with Crippen molar-refractivity contribution >= 4 is 17.7 Å². The van der Waals surface area contributed by atoms with Crippen molar-refractivity contribution in [3.8, 4) is 0 Å². The zero-order valence-corrected chi connectivity index (χ0v) is 15.6. The lowest BCUT2D eigenvalue weighted by Crippen LogP contribution is -2.43. The highest BCUT2D eigenvalue weighted by Gasteiger charge is 2.34. The van der Waals surface area contributed by atoms with Crippen LogP contribution in [-0.2, 0) is 11.2 Å². The number of halogens is 1. The van der Waals surface area contributed by atoms with Gasteiger partial charge in [0.1, 0.15) is 11.9 Å². The number of imidazole rings is 1. The Kier molecular flexibility index (Phi) is 4.94. The summed E-state index contributed by atoms with van der Waals surface area (Å²) in [6.45, 7) is 0.433. The van der Waals surface area contributed by atoms with E-state index in [0.29, 0.717) is 13.0 Å². The molecule has 4 rings (SSSR count). The topological polar surface area (TPSA) is 100 Å². The van der Waals surface area contributed by atoms with Crippen LogP contribution in [0.25, 0.3) is 0 Å². The van der Waals surface area contributed by atoms with E-state index in [-0.39, 0.29) is 11.3 Å². The molecule has 1 atom stereocenters. The molecule has 2 amide bonds. The van der Waals surface area contributed by atoms with Gasteiger partial charge in [0.25, 0.3) is 0 Å². The Labute approximate surface area is 165 Å². The number of H-pyrrole nitrogens is 1. The molecular formula is C20H18FN5O3. The Morgan fingerprint density at radius 2 is 2.07 bits per heavy atom. The van der Waals surface area contributed by atoms with E-state index in [1.165, 1.54) is 19.2 Å². The van der Waals surface area contributed by atoms with Crippen molar-refractivity contribution in [1.82, 2.24) is 19.9 Å². The fourth-order valence-corrected chi connectivity index (χ4v) is 3.47. The van der Waals surface area contributed by atoms with Crippen LogP contribution in [0.2, 0.25) is 0 Å². The Morgan fingerprint density at radius 1 is 1.28 bits per heavy atom. The monoisotopic (exact) mass is 395 g/mol. The van der Waals surface area contributed by atoms with Gasteiger partial charge in [-0.05, 0) is 35.9 Å². The van der Waals surface area contributed by atoms with Crippen molar-refractivity contribution < 1.29 is 18.7 Å². The molecule has 0 aliphatic carbocycles. The van der Waals surface area contributed by atoms with E-state index in [9.17, 15) is 14.0 Å².